The van der Waals surface area contributed by atoms with E-state index in [4.69, 9.17) is 0 Å². The van der Waals surface area contributed by atoms with Gasteiger partial charge in [0.05, 0.1) is 0 Å². The van der Waals surface area contributed by atoms with Gasteiger partial charge in [-0.25, -0.2) is 0 Å². The van der Waals surface area contributed by atoms with Crippen LogP contribution in [0.15, 0.2) is 0 Å². The van der Waals surface area contributed by atoms with Crippen LogP contribution >= 0.6 is 0 Å². The first-order chi connectivity index (χ1) is 0. The Morgan fingerprint density at radius 2 is 1.00 bits per heavy atom. The summed E-state index contributed by atoms with van der Waals surface area (Å²) in [6.45, 7) is 0. The zero-order chi connectivity index (χ0) is 0. The van der Waals surface area contributed by atoms with Crippen molar-refractivity contribution >= 4 is 75.6 Å². The maximum Gasteiger partial charge on any atom is 0 e. The average Bonchev–Trinajstić information content (AvgIpc) is 0. The van der Waals surface area contributed by atoms with Crippen molar-refractivity contribution < 1.29 is 41.9 Å². The minimum absolute atomic E-state index is 0. The van der Waals surface area contributed by atoms with Gasteiger partial charge in [-0.2, -0.15) is 0 Å². The molecule has 0 aromatic carbocycles. The summed E-state index contributed by atoms with van der Waals surface area (Å²) in [6, 6.07) is 0. The van der Waals surface area contributed by atoms with Crippen LogP contribution in [0.1, 0.15) is 0 Å². The molecule has 0 saturated heterocycles. The van der Waals surface area contributed by atoms with E-state index in [1.807, 2.05) is 0 Å². The molecule has 0 aliphatic heterocycles. The summed E-state index contributed by atoms with van der Waals surface area (Å²) in [6.07, 6.45) is 0. The summed E-state index contributed by atoms with van der Waals surface area (Å²) in [5.74, 6) is 0. The van der Waals surface area contributed by atoms with Crippen molar-refractivity contribution in [2.24, 2.45) is 0 Å². The first kappa shape index (κ1) is 36.5. The van der Waals surface area contributed by atoms with Crippen molar-refractivity contribution in [2.45, 2.75) is 0 Å². The van der Waals surface area contributed by atoms with Gasteiger partial charge in [-0.3, -0.25) is 0 Å². The van der Waals surface area contributed by atoms with Gasteiger partial charge in [-0.1, -0.05) is 0 Å². The Morgan fingerprint density at radius 3 is 1.00 bits per heavy atom. The zero-order valence-corrected chi connectivity index (χ0v) is 16.2. The maximum atomic E-state index is 0. The van der Waals surface area contributed by atoms with Gasteiger partial charge in [0.1, 0.15) is 0 Å². The van der Waals surface area contributed by atoms with Gasteiger partial charge in [0, 0.05) is 117 Å². The SMILES string of the molecule is [Ag].[Pb].[Sb].[Sn].[Zn]. The van der Waals surface area contributed by atoms with Gasteiger partial charge in [-0.05, 0) is 0 Å². The van der Waals surface area contributed by atoms with E-state index in [0.717, 1.165) is 0 Å². The van der Waals surface area contributed by atoms with Crippen LogP contribution in [0.3, 0.4) is 0 Å². The van der Waals surface area contributed by atoms with Gasteiger partial charge >= 0.3 is 0 Å². The van der Waals surface area contributed by atoms with E-state index in [0.29, 0.717) is 0 Å². The normalized spacial score (nSPS) is 0. The van der Waals surface area contributed by atoms with Crippen molar-refractivity contribution in [1.29, 1.82) is 0 Å². The van der Waals surface area contributed by atoms with Crippen LogP contribution in [-0.4, -0.2) is 75.6 Å². The van der Waals surface area contributed by atoms with Crippen LogP contribution in [0.4, 0.5) is 0 Å². The third kappa shape index (κ3) is 18.1. The van der Waals surface area contributed by atoms with E-state index in [9.17, 15) is 0 Å². The molecule has 0 aliphatic carbocycles. The fraction of sp³-hybridized carbons (Fsp3) is 0. The van der Waals surface area contributed by atoms with E-state index >= 15 is 0 Å². The predicted octanol–water partition coefficient (Wildman–Crippen LogP) is -1.15. The smallest absolute Gasteiger partial charge is 0 e. The van der Waals surface area contributed by atoms with Gasteiger partial charge in [0.2, 0.25) is 0 Å². The van der Waals surface area contributed by atoms with E-state index in [2.05, 4.69) is 0 Å². The van der Waals surface area contributed by atoms with Crippen LogP contribution in [0, 0.1) is 0 Å². The Kier molecular flexibility index (Phi) is 180. The molecule has 0 heterocycles. The number of hydrogen-bond donors (Lipinski definition) is 0. The molecule has 0 unspecified atom stereocenters. The molecule has 0 atom stereocenters. The van der Waals surface area contributed by atoms with Crippen molar-refractivity contribution in [3.63, 3.8) is 0 Å². The molecule has 5 heavy (non-hydrogen) atoms. The minimum atomic E-state index is 0. The summed E-state index contributed by atoms with van der Waals surface area (Å²) < 4.78 is 0. The second kappa shape index (κ2) is 24.7. The Morgan fingerprint density at radius 1 is 1.00 bits per heavy atom. The molecule has 0 bridgehead atoms. The van der Waals surface area contributed by atoms with E-state index < -0.39 is 0 Å². The van der Waals surface area contributed by atoms with E-state index in [1.165, 1.54) is 0 Å². The molecule has 0 rings (SSSR count). The van der Waals surface area contributed by atoms with Crippen LogP contribution in [-0.2, 0) is 41.9 Å². The van der Waals surface area contributed by atoms with Crippen LogP contribution in [0.2, 0.25) is 0 Å². The monoisotopic (exact) mass is 620 g/mol. The van der Waals surface area contributed by atoms with Gasteiger partial charge < -0.3 is 0 Å². The summed E-state index contributed by atoms with van der Waals surface area (Å²) in [4.78, 5) is 0. The molecule has 0 nitrogen and oxygen atoms in total. The summed E-state index contributed by atoms with van der Waals surface area (Å²) in [5, 5.41) is 0. The fourth-order valence-electron chi connectivity index (χ4n) is 0. The molecule has 0 saturated carbocycles. The molecule has 0 amide bonds. The molecular weight excluding hydrogens is 621 g/mol. The van der Waals surface area contributed by atoms with Crippen LogP contribution in [0.5, 0.6) is 0 Å². The molecule has 0 aliphatic rings. The minimum Gasteiger partial charge on any atom is 0 e. The quantitative estimate of drug-likeness (QED) is 0.301. The van der Waals surface area contributed by atoms with Gasteiger partial charge in [0.15, 0.2) is 0 Å². The number of hydrogen-bond acceptors (Lipinski definition) is 0. The molecule has 12 radical (unpaired) electrons. The van der Waals surface area contributed by atoms with E-state index in [-0.39, 0.29) is 117 Å². The van der Waals surface area contributed by atoms with Crippen molar-refractivity contribution in [1.82, 2.24) is 0 Å². The van der Waals surface area contributed by atoms with Gasteiger partial charge in [-0.15, -0.1) is 0 Å². The standard InChI is InChI=1S/Ag.Pb.Sb.Sn.Zn. The number of rotatable bonds is 0. The fourth-order valence-corrected chi connectivity index (χ4v) is 0. The molecule has 0 aromatic rings. The second-order valence-electron chi connectivity index (χ2n) is 0. The molecule has 0 N–H and O–H groups in total. The van der Waals surface area contributed by atoms with Crippen LogP contribution in [0.25, 0.3) is 0 Å². The molecule has 5 heteroatoms. The molecule has 0 spiro atoms. The van der Waals surface area contributed by atoms with Gasteiger partial charge in [0.25, 0.3) is 0 Å². The van der Waals surface area contributed by atoms with Crippen molar-refractivity contribution in [3.05, 3.63) is 0 Å². The summed E-state index contributed by atoms with van der Waals surface area (Å²) in [7, 11) is 0. The largest absolute Gasteiger partial charge is 0 e. The third-order valence-electron chi connectivity index (χ3n) is 0. The first-order valence-electron chi connectivity index (χ1n) is 0. The topological polar surface area (TPSA) is 0 Å². The second-order valence-corrected chi connectivity index (χ2v) is 0. The van der Waals surface area contributed by atoms with Crippen molar-refractivity contribution in [3.8, 4) is 0 Å². The zero-order valence-electron chi connectivity index (χ0n) is 2.46. The maximum absolute atomic E-state index is 0. The predicted molar refractivity (Wildman–Crippen MR) is 17.3 cm³/mol. The Labute approximate surface area is 115 Å². The molecule has 0 fully saturated rings. The molecule has 26 valence electrons. The van der Waals surface area contributed by atoms with E-state index in [1.54, 1.807) is 0 Å². The third-order valence-corrected chi connectivity index (χ3v) is 0. The summed E-state index contributed by atoms with van der Waals surface area (Å²) in [5.41, 5.74) is 0. The van der Waals surface area contributed by atoms with Crippen LogP contribution < -0.4 is 0 Å². The Hall–Kier alpha value is 3.90. The molecular formula is AgPbSbSnZn. The first-order valence-corrected chi connectivity index (χ1v) is 0. The molecule has 0 aromatic heterocycles. The average molecular weight is 621 g/mol. The Bertz CT molecular complexity index is 11.6. The summed E-state index contributed by atoms with van der Waals surface area (Å²) >= 11 is 0. The van der Waals surface area contributed by atoms with Crippen molar-refractivity contribution in [2.75, 3.05) is 0 Å². The Balaban J connectivity index is 0.